The summed E-state index contributed by atoms with van der Waals surface area (Å²) >= 11 is 0. The summed E-state index contributed by atoms with van der Waals surface area (Å²) in [6, 6.07) is 7.20. The van der Waals surface area contributed by atoms with Gasteiger partial charge >= 0.3 is 6.09 Å². The fourth-order valence-corrected chi connectivity index (χ4v) is 5.92. The van der Waals surface area contributed by atoms with E-state index >= 15 is 0 Å². The van der Waals surface area contributed by atoms with Gasteiger partial charge in [0.15, 0.2) is 0 Å². The second-order valence-electron chi connectivity index (χ2n) is 9.40. The van der Waals surface area contributed by atoms with Crippen LogP contribution in [-0.2, 0) is 21.4 Å². The summed E-state index contributed by atoms with van der Waals surface area (Å²) in [7, 11) is 0. The minimum Gasteiger partial charge on any atom is -0.450 e. The predicted molar refractivity (Wildman–Crippen MR) is 123 cm³/mol. The molecule has 4 rings (SSSR count). The van der Waals surface area contributed by atoms with Crippen molar-refractivity contribution in [2.24, 2.45) is 0 Å². The predicted octanol–water partition coefficient (Wildman–Crippen LogP) is 3.96. The number of fused-ring (bicyclic) bond motifs is 2. The molecule has 0 bridgehead atoms. The third-order valence-electron chi connectivity index (χ3n) is 7.58. The standard InChI is InChI=1S/C25H37N3O3/c1-4-7-20-8-6-9-22-23(20)28(19(3)29)18-25(22)12-16-26(17-13-25)21-10-14-27(15-11-21)24(30)31-5-2/h6,8-9,21H,4-5,7,10-18H2,1-3H3. The van der Waals surface area contributed by atoms with E-state index < -0.39 is 0 Å². The van der Waals surface area contributed by atoms with Crippen molar-refractivity contribution in [3.63, 3.8) is 0 Å². The van der Waals surface area contributed by atoms with Gasteiger partial charge in [-0.3, -0.25) is 4.79 Å². The van der Waals surface area contributed by atoms with Crippen molar-refractivity contribution in [2.75, 3.05) is 44.2 Å². The summed E-state index contributed by atoms with van der Waals surface area (Å²) in [4.78, 5) is 31.0. The molecule has 1 aromatic rings. The van der Waals surface area contributed by atoms with E-state index in [0.717, 1.165) is 71.2 Å². The molecule has 2 fully saturated rings. The lowest BCUT2D eigenvalue weighted by atomic mass is 9.73. The van der Waals surface area contributed by atoms with Crippen LogP contribution in [0.4, 0.5) is 10.5 Å². The van der Waals surface area contributed by atoms with Crippen LogP contribution in [0.2, 0.25) is 0 Å². The average Bonchev–Trinajstić information content (AvgIpc) is 3.10. The van der Waals surface area contributed by atoms with Crippen LogP contribution < -0.4 is 4.90 Å². The van der Waals surface area contributed by atoms with E-state index in [2.05, 4.69) is 30.0 Å². The van der Waals surface area contributed by atoms with Crippen LogP contribution in [-0.4, -0.2) is 67.2 Å². The molecular weight excluding hydrogens is 390 g/mol. The molecule has 1 aromatic carbocycles. The Labute approximate surface area is 186 Å². The van der Waals surface area contributed by atoms with Crippen LogP contribution in [0.3, 0.4) is 0 Å². The first-order chi connectivity index (χ1) is 15.0. The summed E-state index contributed by atoms with van der Waals surface area (Å²) in [6.07, 6.45) is 6.16. The monoisotopic (exact) mass is 427 g/mol. The van der Waals surface area contributed by atoms with Crippen molar-refractivity contribution in [3.05, 3.63) is 29.3 Å². The molecule has 6 nitrogen and oxygen atoms in total. The van der Waals surface area contributed by atoms with Crippen LogP contribution in [0, 0.1) is 0 Å². The summed E-state index contributed by atoms with van der Waals surface area (Å²) in [6.45, 7) is 10.7. The third-order valence-corrected chi connectivity index (χ3v) is 7.58. The van der Waals surface area contributed by atoms with Gasteiger partial charge in [-0.25, -0.2) is 4.79 Å². The Morgan fingerprint density at radius 2 is 1.81 bits per heavy atom. The Kier molecular flexibility index (Phi) is 6.56. The van der Waals surface area contributed by atoms with Crippen molar-refractivity contribution in [2.45, 2.75) is 70.8 Å². The molecule has 0 atom stereocenters. The molecule has 170 valence electrons. The van der Waals surface area contributed by atoms with E-state index in [1.54, 1.807) is 6.92 Å². The zero-order valence-electron chi connectivity index (χ0n) is 19.4. The number of hydrogen-bond donors (Lipinski definition) is 0. The number of anilines is 1. The number of carbonyl (C=O) groups is 2. The van der Waals surface area contributed by atoms with Gasteiger partial charge in [0.1, 0.15) is 0 Å². The van der Waals surface area contributed by atoms with Gasteiger partial charge in [-0.1, -0.05) is 31.5 Å². The number of rotatable bonds is 4. The van der Waals surface area contributed by atoms with Crippen LogP contribution >= 0.6 is 0 Å². The van der Waals surface area contributed by atoms with Gasteiger partial charge in [-0.2, -0.15) is 0 Å². The van der Waals surface area contributed by atoms with Crippen LogP contribution in [0.1, 0.15) is 64.0 Å². The molecular formula is C25H37N3O3. The number of benzene rings is 1. The van der Waals surface area contributed by atoms with Crippen LogP contribution in [0.5, 0.6) is 0 Å². The molecule has 6 heteroatoms. The second-order valence-corrected chi connectivity index (χ2v) is 9.40. The Bertz CT molecular complexity index is 808. The zero-order valence-corrected chi connectivity index (χ0v) is 19.4. The van der Waals surface area contributed by atoms with E-state index in [-0.39, 0.29) is 17.4 Å². The number of para-hydroxylation sites is 1. The molecule has 2 amide bonds. The molecule has 0 unspecified atom stereocenters. The molecule has 3 aliphatic heterocycles. The van der Waals surface area contributed by atoms with Gasteiger partial charge in [0.2, 0.25) is 5.91 Å². The van der Waals surface area contributed by atoms with Gasteiger partial charge < -0.3 is 19.4 Å². The molecule has 0 aromatic heterocycles. The Balaban J connectivity index is 1.44. The summed E-state index contributed by atoms with van der Waals surface area (Å²) < 4.78 is 5.16. The van der Waals surface area contributed by atoms with Gasteiger partial charge in [-0.15, -0.1) is 0 Å². The number of amides is 2. The molecule has 1 spiro atoms. The van der Waals surface area contributed by atoms with Gasteiger partial charge in [0.05, 0.1) is 12.3 Å². The van der Waals surface area contributed by atoms with E-state index in [1.807, 2.05) is 16.7 Å². The van der Waals surface area contributed by atoms with Crippen molar-refractivity contribution in [1.82, 2.24) is 9.80 Å². The lowest BCUT2D eigenvalue weighted by Crippen LogP contribution is -2.52. The molecule has 31 heavy (non-hydrogen) atoms. The molecule has 2 saturated heterocycles. The van der Waals surface area contributed by atoms with E-state index in [4.69, 9.17) is 4.74 Å². The average molecular weight is 428 g/mol. The summed E-state index contributed by atoms with van der Waals surface area (Å²) in [5.41, 5.74) is 4.01. The quantitative estimate of drug-likeness (QED) is 0.730. The van der Waals surface area contributed by atoms with E-state index in [1.165, 1.54) is 16.8 Å². The number of ether oxygens (including phenoxy) is 1. The largest absolute Gasteiger partial charge is 0.450 e. The number of nitrogens with zero attached hydrogens (tertiary/aromatic N) is 3. The molecule has 3 aliphatic rings. The zero-order chi connectivity index (χ0) is 22.0. The Morgan fingerprint density at radius 3 is 2.42 bits per heavy atom. The maximum atomic E-state index is 12.5. The first-order valence-electron chi connectivity index (χ1n) is 12.1. The van der Waals surface area contributed by atoms with Crippen LogP contribution in [0.15, 0.2) is 18.2 Å². The highest BCUT2D eigenvalue weighted by atomic mass is 16.6. The lowest BCUT2D eigenvalue weighted by Gasteiger charge is -2.45. The van der Waals surface area contributed by atoms with Gasteiger partial charge in [0.25, 0.3) is 0 Å². The van der Waals surface area contributed by atoms with Crippen LogP contribution in [0.25, 0.3) is 0 Å². The van der Waals surface area contributed by atoms with E-state index in [0.29, 0.717) is 12.6 Å². The number of aryl methyl sites for hydroxylation is 1. The Morgan fingerprint density at radius 1 is 1.10 bits per heavy atom. The highest BCUT2D eigenvalue weighted by molar-refractivity contribution is 5.95. The molecule has 0 saturated carbocycles. The normalized spacial score (nSPS) is 21.4. The fraction of sp³-hybridized carbons (Fsp3) is 0.680. The highest BCUT2D eigenvalue weighted by Crippen LogP contribution is 2.49. The molecule has 0 aliphatic carbocycles. The lowest BCUT2D eigenvalue weighted by molar-refractivity contribution is -0.116. The minimum absolute atomic E-state index is 0.0902. The summed E-state index contributed by atoms with van der Waals surface area (Å²) in [5, 5.41) is 0. The third kappa shape index (κ3) is 4.19. The first kappa shape index (κ1) is 22.1. The number of carbonyl (C=O) groups excluding carboxylic acids is 2. The first-order valence-corrected chi connectivity index (χ1v) is 12.1. The topological polar surface area (TPSA) is 53.1 Å². The van der Waals surface area contributed by atoms with Crippen molar-refractivity contribution in [1.29, 1.82) is 0 Å². The SMILES string of the molecule is CCCc1cccc2c1N(C(C)=O)CC21CCN(C2CCN(C(=O)OCC)CC2)CC1. The fourth-order valence-electron chi connectivity index (χ4n) is 5.92. The van der Waals surface area contributed by atoms with Crippen molar-refractivity contribution < 1.29 is 14.3 Å². The number of piperidine rings is 2. The van der Waals surface area contributed by atoms with Crippen molar-refractivity contribution >= 4 is 17.7 Å². The van der Waals surface area contributed by atoms with Gasteiger partial charge in [-0.05, 0) is 63.2 Å². The minimum atomic E-state index is -0.173. The summed E-state index contributed by atoms with van der Waals surface area (Å²) in [5.74, 6) is 0.162. The molecule has 0 N–H and O–H groups in total. The van der Waals surface area contributed by atoms with Gasteiger partial charge in [0, 0.05) is 38.0 Å². The van der Waals surface area contributed by atoms with Crippen molar-refractivity contribution in [3.8, 4) is 0 Å². The number of hydrogen-bond acceptors (Lipinski definition) is 4. The maximum absolute atomic E-state index is 12.5. The maximum Gasteiger partial charge on any atom is 0.409 e. The smallest absolute Gasteiger partial charge is 0.409 e. The highest BCUT2D eigenvalue weighted by Gasteiger charge is 2.47. The molecule has 3 heterocycles. The number of likely N-dealkylation sites (tertiary alicyclic amines) is 2. The Hall–Kier alpha value is -2.08. The van der Waals surface area contributed by atoms with E-state index in [9.17, 15) is 9.59 Å². The molecule has 0 radical (unpaired) electrons. The second kappa shape index (κ2) is 9.19.